The Labute approximate surface area is 117 Å². The lowest BCUT2D eigenvalue weighted by molar-refractivity contribution is 0.153. The van der Waals surface area contributed by atoms with Crippen molar-refractivity contribution in [3.8, 4) is 11.5 Å². The van der Waals surface area contributed by atoms with E-state index in [1.807, 2.05) is 24.3 Å². The van der Waals surface area contributed by atoms with E-state index in [2.05, 4.69) is 20.8 Å². The Balaban J connectivity index is 1.90. The lowest BCUT2D eigenvalue weighted by Gasteiger charge is -2.23. The van der Waals surface area contributed by atoms with Crippen molar-refractivity contribution in [2.75, 3.05) is 6.61 Å². The minimum absolute atomic E-state index is 0.181. The van der Waals surface area contributed by atoms with E-state index in [1.54, 1.807) is 0 Å². The average Bonchev–Trinajstić information content (AvgIpc) is 2.37. The van der Waals surface area contributed by atoms with Gasteiger partial charge in [-0.3, -0.25) is 0 Å². The molecule has 1 aliphatic carbocycles. The zero-order valence-corrected chi connectivity index (χ0v) is 12.4. The zero-order chi connectivity index (χ0) is 13.7. The fourth-order valence-corrected chi connectivity index (χ4v) is 2.31. The molecular formula is C17H26O2. The largest absolute Gasteiger partial charge is 0.493 e. The molecule has 0 spiro atoms. The first kappa shape index (κ1) is 14.2. The van der Waals surface area contributed by atoms with E-state index in [0.29, 0.717) is 6.10 Å². The quantitative estimate of drug-likeness (QED) is 0.774. The first-order valence-electron chi connectivity index (χ1n) is 7.42. The molecule has 1 saturated carbocycles. The Morgan fingerprint density at radius 2 is 1.74 bits per heavy atom. The predicted molar refractivity (Wildman–Crippen MR) is 78.9 cm³/mol. The molecule has 2 rings (SSSR count). The molecule has 1 aliphatic rings. The van der Waals surface area contributed by atoms with Crippen molar-refractivity contribution in [1.82, 2.24) is 0 Å². The lowest BCUT2D eigenvalue weighted by atomic mass is 9.98. The SMILES string of the molecule is CC(C)(C)COc1cccc(OC2CCCCC2)c1. The molecule has 0 radical (unpaired) electrons. The molecule has 0 heterocycles. The van der Waals surface area contributed by atoms with Gasteiger partial charge in [0.15, 0.2) is 0 Å². The van der Waals surface area contributed by atoms with Gasteiger partial charge >= 0.3 is 0 Å². The number of rotatable bonds is 4. The number of hydrogen-bond acceptors (Lipinski definition) is 2. The van der Waals surface area contributed by atoms with E-state index in [0.717, 1.165) is 18.1 Å². The van der Waals surface area contributed by atoms with Crippen LogP contribution in [0.25, 0.3) is 0 Å². The maximum absolute atomic E-state index is 6.05. The first-order chi connectivity index (χ1) is 9.03. The minimum atomic E-state index is 0.181. The average molecular weight is 262 g/mol. The molecule has 1 aromatic carbocycles. The molecule has 0 amide bonds. The highest BCUT2D eigenvalue weighted by molar-refractivity contribution is 5.33. The van der Waals surface area contributed by atoms with Gasteiger partial charge in [-0.05, 0) is 43.2 Å². The molecule has 0 saturated heterocycles. The van der Waals surface area contributed by atoms with Crippen molar-refractivity contribution in [3.63, 3.8) is 0 Å². The number of benzene rings is 1. The molecule has 0 unspecified atom stereocenters. The van der Waals surface area contributed by atoms with Crippen molar-refractivity contribution in [1.29, 1.82) is 0 Å². The second-order valence-corrected chi connectivity index (χ2v) is 6.70. The molecule has 2 nitrogen and oxygen atoms in total. The van der Waals surface area contributed by atoms with E-state index in [-0.39, 0.29) is 5.41 Å². The van der Waals surface area contributed by atoms with Crippen LogP contribution in [0.3, 0.4) is 0 Å². The van der Waals surface area contributed by atoms with Gasteiger partial charge in [0.25, 0.3) is 0 Å². The summed E-state index contributed by atoms with van der Waals surface area (Å²) in [5, 5.41) is 0. The van der Waals surface area contributed by atoms with E-state index in [4.69, 9.17) is 9.47 Å². The molecule has 106 valence electrons. The van der Waals surface area contributed by atoms with Gasteiger partial charge in [0, 0.05) is 6.07 Å². The highest BCUT2D eigenvalue weighted by Crippen LogP contribution is 2.26. The molecule has 1 fully saturated rings. The first-order valence-corrected chi connectivity index (χ1v) is 7.42. The number of hydrogen-bond donors (Lipinski definition) is 0. The summed E-state index contributed by atoms with van der Waals surface area (Å²) in [7, 11) is 0. The Bertz CT molecular complexity index is 386. The topological polar surface area (TPSA) is 18.5 Å². The third-order valence-corrected chi connectivity index (χ3v) is 3.33. The van der Waals surface area contributed by atoms with Crippen molar-refractivity contribution in [3.05, 3.63) is 24.3 Å². The van der Waals surface area contributed by atoms with Gasteiger partial charge in [-0.15, -0.1) is 0 Å². The maximum atomic E-state index is 6.05. The number of ether oxygens (including phenoxy) is 2. The summed E-state index contributed by atoms with van der Waals surface area (Å²) in [6, 6.07) is 8.05. The molecule has 0 N–H and O–H groups in total. The summed E-state index contributed by atoms with van der Waals surface area (Å²) in [5.41, 5.74) is 0.181. The van der Waals surface area contributed by atoms with Crippen LogP contribution in [-0.4, -0.2) is 12.7 Å². The van der Waals surface area contributed by atoms with Crippen LogP contribution in [0.2, 0.25) is 0 Å². The van der Waals surface area contributed by atoms with Crippen LogP contribution in [0.15, 0.2) is 24.3 Å². The molecule has 0 bridgehead atoms. The van der Waals surface area contributed by atoms with E-state index in [9.17, 15) is 0 Å². The van der Waals surface area contributed by atoms with Gasteiger partial charge in [0.05, 0.1) is 12.7 Å². The molecule has 0 aromatic heterocycles. The van der Waals surface area contributed by atoms with Crippen molar-refractivity contribution in [2.24, 2.45) is 5.41 Å². The Morgan fingerprint density at radius 1 is 1.05 bits per heavy atom. The van der Waals surface area contributed by atoms with E-state index >= 15 is 0 Å². The molecular weight excluding hydrogens is 236 g/mol. The fourth-order valence-electron chi connectivity index (χ4n) is 2.31. The minimum Gasteiger partial charge on any atom is -0.493 e. The molecule has 0 atom stereocenters. The molecule has 1 aromatic rings. The summed E-state index contributed by atoms with van der Waals surface area (Å²) in [6.07, 6.45) is 6.72. The Morgan fingerprint density at radius 3 is 2.42 bits per heavy atom. The normalized spacial score (nSPS) is 17.2. The zero-order valence-electron chi connectivity index (χ0n) is 12.4. The summed E-state index contributed by atoms with van der Waals surface area (Å²) >= 11 is 0. The van der Waals surface area contributed by atoms with Gasteiger partial charge in [0.2, 0.25) is 0 Å². The molecule has 19 heavy (non-hydrogen) atoms. The third kappa shape index (κ3) is 5.14. The van der Waals surface area contributed by atoms with Crippen LogP contribution >= 0.6 is 0 Å². The standard InChI is InChI=1S/C17H26O2/c1-17(2,3)13-18-15-10-7-11-16(12-15)19-14-8-5-4-6-9-14/h7,10-12,14H,4-6,8-9,13H2,1-3H3. The van der Waals surface area contributed by atoms with Gasteiger partial charge in [-0.1, -0.05) is 33.3 Å². The van der Waals surface area contributed by atoms with Crippen molar-refractivity contribution in [2.45, 2.75) is 59.0 Å². The van der Waals surface area contributed by atoms with Crippen LogP contribution in [0.5, 0.6) is 11.5 Å². The summed E-state index contributed by atoms with van der Waals surface area (Å²) in [5.74, 6) is 1.85. The third-order valence-electron chi connectivity index (χ3n) is 3.33. The Kier molecular flexibility index (Phi) is 4.73. The summed E-state index contributed by atoms with van der Waals surface area (Å²) < 4.78 is 11.9. The highest BCUT2D eigenvalue weighted by atomic mass is 16.5. The predicted octanol–water partition coefficient (Wildman–Crippen LogP) is 4.82. The van der Waals surface area contributed by atoms with E-state index in [1.165, 1.54) is 32.1 Å². The summed E-state index contributed by atoms with van der Waals surface area (Å²) in [6.45, 7) is 7.25. The van der Waals surface area contributed by atoms with Crippen molar-refractivity contribution >= 4 is 0 Å². The van der Waals surface area contributed by atoms with Gasteiger partial charge < -0.3 is 9.47 Å². The monoisotopic (exact) mass is 262 g/mol. The second-order valence-electron chi connectivity index (χ2n) is 6.70. The second kappa shape index (κ2) is 6.31. The molecule has 2 heteroatoms. The maximum Gasteiger partial charge on any atom is 0.123 e. The van der Waals surface area contributed by atoms with Gasteiger partial charge in [-0.2, -0.15) is 0 Å². The fraction of sp³-hybridized carbons (Fsp3) is 0.647. The van der Waals surface area contributed by atoms with Crippen LogP contribution < -0.4 is 9.47 Å². The molecule has 0 aliphatic heterocycles. The van der Waals surface area contributed by atoms with Crippen LogP contribution in [-0.2, 0) is 0 Å². The highest BCUT2D eigenvalue weighted by Gasteiger charge is 2.15. The van der Waals surface area contributed by atoms with Crippen LogP contribution in [0.4, 0.5) is 0 Å². The van der Waals surface area contributed by atoms with E-state index < -0.39 is 0 Å². The van der Waals surface area contributed by atoms with Gasteiger partial charge in [0.1, 0.15) is 11.5 Å². The summed E-state index contributed by atoms with van der Waals surface area (Å²) in [4.78, 5) is 0. The van der Waals surface area contributed by atoms with Crippen molar-refractivity contribution < 1.29 is 9.47 Å². The Hall–Kier alpha value is -1.18. The lowest BCUT2D eigenvalue weighted by Crippen LogP contribution is -2.19. The van der Waals surface area contributed by atoms with Crippen LogP contribution in [0, 0.1) is 5.41 Å². The van der Waals surface area contributed by atoms with Crippen LogP contribution in [0.1, 0.15) is 52.9 Å². The smallest absolute Gasteiger partial charge is 0.123 e. The van der Waals surface area contributed by atoms with Gasteiger partial charge in [-0.25, -0.2) is 0 Å².